The number of carbonyl (C=O) groups excluding carboxylic acids is 1. The molecule has 140 valence electrons. The molecule has 0 fully saturated rings. The van der Waals surface area contributed by atoms with Crippen LogP contribution in [0.3, 0.4) is 0 Å². The lowest BCUT2D eigenvalue weighted by atomic mass is 9.79. The van der Waals surface area contributed by atoms with E-state index in [1.807, 2.05) is 60.7 Å². The molecule has 1 aromatic heterocycles. The Bertz CT molecular complexity index is 1050. The number of carbonyl (C=O) groups is 1. The van der Waals surface area contributed by atoms with Crippen molar-refractivity contribution in [3.8, 4) is 0 Å². The van der Waals surface area contributed by atoms with Crippen LogP contribution in [0.25, 0.3) is 0 Å². The second kappa shape index (κ2) is 6.88. The zero-order chi connectivity index (χ0) is 19.1. The lowest BCUT2D eigenvalue weighted by Crippen LogP contribution is -2.26. The molecule has 4 nitrogen and oxygen atoms in total. The first-order valence-corrected chi connectivity index (χ1v) is 9.74. The lowest BCUT2D eigenvalue weighted by Gasteiger charge is -2.29. The van der Waals surface area contributed by atoms with Crippen LogP contribution >= 0.6 is 11.6 Å². The van der Waals surface area contributed by atoms with Gasteiger partial charge in [-0.15, -0.1) is 0 Å². The summed E-state index contributed by atoms with van der Waals surface area (Å²) in [5.41, 5.74) is 4.76. The lowest BCUT2D eigenvalue weighted by molar-refractivity contribution is -0.116. The summed E-state index contributed by atoms with van der Waals surface area (Å²) in [5.74, 6) is 0.998. The van der Waals surface area contributed by atoms with Gasteiger partial charge in [-0.3, -0.25) is 4.79 Å². The molecule has 1 aliphatic carbocycles. The number of rotatable bonds is 2. The number of hydrogen-bond acceptors (Lipinski definition) is 4. The zero-order valence-electron chi connectivity index (χ0n) is 15.1. The van der Waals surface area contributed by atoms with Gasteiger partial charge in [0.05, 0.1) is 17.6 Å². The van der Waals surface area contributed by atoms with Crippen LogP contribution in [0.5, 0.6) is 0 Å². The highest BCUT2D eigenvalue weighted by Crippen LogP contribution is 2.44. The first kappa shape index (κ1) is 17.1. The van der Waals surface area contributed by atoms with Crippen molar-refractivity contribution in [2.45, 2.75) is 24.8 Å². The molecule has 0 saturated heterocycles. The van der Waals surface area contributed by atoms with Crippen molar-refractivity contribution >= 4 is 28.8 Å². The molecule has 0 bridgehead atoms. The second-order valence-electron chi connectivity index (χ2n) is 7.24. The van der Waals surface area contributed by atoms with Gasteiger partial charge in [-0.05, 0) is 54.3 Å². The molecule has 0 saturated carbocycles. The number of hydrogen-bond donors (Lipinski definition) is 2. The molecule has 2 atom stereocenters. The van der Waals surface area contributed by atoms with E-state index >= 15 is 0 Å². The van der Waals surface area contributed by atoms with Crippen molar-refractivity contribution in [1.82, 2.24) is 0 Å². The van der Waals surface area contributed by atoms with Crippen molar-refractivity contribution in [1.29, 1.82) is 0 Å². The Labute approximate surface area is 168 Å². The van der Waals surface area contributed by atoms with E-state index in [4.69, 9.17) is 16.0 Å². The Morgan fingerprint density at radius 3 is 2.46 bits per heavy atom. The number of para-hydroxylation sites is 2. The van der Waals surface area contributed by atoms with Crippen LogP contribution in [0.15, 0.2) is 82.6 Å². The Morgan fingerprint density at radius 1 is 0.929 bits per heavy atom. The fraction of sp³-hybridized carbons (Fsp3) is 0.174. The number of furan rings is 1. The molecule has 28 heavy (non-hydrogen) atoms. The maximum Gasteiger partial charge on any atom is 0.163 e. The van der Waals surface area contributed by atoms with Gasteiger partial charge in [0.1, 0.15) is 11.8 Å². The summed E-state index contributed by atoms with van der Waals surface area (Å²) in [6.07, 6.45) is 2.87. The van der Waals surface area contributed by atoms with Crippen LogP contribution in [0.1, 0.15) is 36.1 Å². The van der Waals surface area contributed by atoms with Crippen molar-refractivity contribution in [2.24, 2.45) is 0 Å². The van der Waals surface area contributed by atoms with Crippen molar-refractivity contribution < 1.29 is 9.21 Å². The van der Waals surface area contributed by atoms with Gasteiger partial charge in [-0.2, -0.15) is 0 Å². The molecule has 2 N–H and O–H groups in total. The van der Waals surface area contributed by atoms with Gasteiger partial charge in [0.15, 0.2) is 5.78 Å². The average Bonchev–Trinajstić information content (AvgIpc) is 3.17. The van der Waals surface area contributed by atoms with Crippen LogP contribution in [-0.4, -0.2) is 5.78 Å². The standard InChI is InChI=1S/C23H19ClN2O2/c24-16-9-7-14(8-10-16)15-12-19-22(20(27)13-15)23(21-6-3-11-28-21)26-18-5-2-1-4-17(18)25-19/h1-11,15,23,25-26H,12-13H2. The van der Waals surface area contributed by atoms with Gasteiger partial charge >= 0.3 is 0 Å². The number of halogens is 1. The Balaban J connectivity index is 1.59. The van der Waals surface area contributed by atoms with Crippen LogP contribution in [0.2, 0.25) is 5.02 Å². The number of ketones is 1. The minimum absolute atomic E-state index is 0.124. The van der Waals surface area contributed by atoms with E-state index in [0.717, 1.165) is 40.4 Å². The summed E-state index contributed by atoms with van der Waals surface area (Å²) in [5, 5.41) is 7.73. The van der Waals surface area contributed by atoms with Crippen LogP contribution in [-0.2, 0) is 4.79 Å². The van der Waals surface area contributed by atoms with Crippen LogP contribution in [0.4, 0.5) is 11.4 Å². The Kier molecular flexibility index (Phi) is 4.21. The number of allylic oxidation sites excluding steroid dienone is 1. The zero-order valence-corrected chi connectivity index (χ0v) is 15.9. The summed E-state index contributed by atoms with van der Waals surface area (Å²) in [7, 11) is 0. The van der Waals surface area contributed by atoms with Gasteiger partial charge in [0, 0.05) is 22.7 Å². The number of nitrogens with one attached hydrogen (secondary N) is 2. The largest absolute Gasteiger partial charge is 0.467 e. The summed E-state index contributed by atoms with van der Waals surface area (Å²) < 4.78 is 5.67. The SMILES string of the molecule is O=C1CC(c2ccc(Cl)cc2)CC2=C1C(c1ccco1)Nc1ccccc1N2. The summed E-state index contributed by atoms with van der Waals surface area (Å²) in [6.45, 7) is 0. The summed E-state index contributed by atoms with van der Waals surface area (Å²) >= 11 is 6.04. The van der Waals surface area contributed by atoms with Gasteiger partial charge in [-0.25, -0.2) is 0 Å². The molecule has 0 radical (unpaired) electrons. The first-order chi connectivity index (χ1) is 13.7. The molecular weight excluding hydrogens is 372 g/mol. The second-order valence-corrected chi connectivity index (χ2v) is 7.67. The van der Waals surface area contributed by atoms with Crippen molar-refractivity contribution in [3.63, 3.8) is 0 Å². The van der Waals surface area contributed by atoms with E-state index in [9.17, 15) is 4.79 Å². The highest BCUT2D eigenvalue weighted by atomic mass is 35.5. The number of benzene rings is 2. The highest BCUT2D eigenvalue weighted by Gasteiger charge is 2.37. The van der Waals surface area contributed by atoms with Gasteiger partial charge in [0.2, 0.25) is 0 Å². The van der Waals surface area contributed by atoms with Gasteiger partial charge < -0.3 is 15.1 Å². The normalized spacial score (nSPS) is 21.2. The smallest absolute Gasteiger partial charge is 0.163 e. The fourth-order valence-electron chi connectivity index (χ4n) is 4.13. The third kappa shape index (κ3) is 3.00. The highest BCUT2D eigenvalue weighted by molar-refractivity contribution is 6.30. The van der Waals surface area contributed by atoms with E-state index < -0.39 is 0 Å². The molecule has 5 rings (SSSR count). The first-order valence-electron chi connectivity index (χ1n) is 9.37. The Hall–Kier alpha value is -2.98. The fourth-order valence-corrected chi connectivity index (χ4v) is 4.26. The van der Waals surface area contributed by atoms with Crippen LogP contribution in [0, 0.1) is 0 Å². The van der Waals surface area contributed by atoms with E-state index in [2.05, 4.69) is 10.6 Å². The average molecular weight is 391 g/mol. The number of anilines is 2. The van der Waals surface area contributed by atoms with Gasteiger partial charge in [-0.1, -0.05) is 35.9 Å². The predicted octanol–water partition coefficient (Wildman–Crippen LogP) is 5.91. The van der Waals surface area contributed by atoms with E-state index in [1.165, 1.54) is 0 Å². The van der Waals surface area contributed by atoms with E-state index in [0.29, 0.717) is 11.4 Å². The molecule has 1 aliphatic heterocycles. The third-order valence-corrected chi connectivity index (χ3v) is 5.73. The maximum atomic E-state index is 13.3. The van der Waals surface area contributed by atoms with E-state index in [1.54, 1.807) is 6.26 Å². The molecule has 5 heteroatoms. The van der Waals surface area contributed by atoms with Crippen molar-refractivity contribution in [2.75, 3.05) is 10.6 Å². The minimum atomic E-state index is -0.306. The molecule has 3 aromatic rings. The van der Waals surface area contributed by atoms with E-state index in [-0.39, 0.29) is 17.7 Å². The minimum Gasteiger partial charge on any atom is -0.467 e. The molecule has 0 spiro atoms. The molecule has 2 unspecified atom stereocenters. The predicted molar refractivity (Wildman–Crippen MR) is 111 cm³/mol. The van der Waals surface area contributed by atoms with Crippen LogP contribution < -0.4 is 10.6 Å². The quantitative estimate of drug-likeness (QED) is 0.570. The Morgan fingerprint density at radius 2 is 1.71 bits per heavy atom. The molecule has 0 amide bonds. The summed E-state index contributed by atoms with van der Waals surface area (Å²) in [4.78, 5) is 13.3. The maximum absolute atomic E-state index is 13.3. The third-order valence-electron chi connectivity index (χ3n) is 5.48. The molecular formula is C23H19ClN2O2. The van der Waals surface area contributed by atoms with Crippen molar-refractivity contribution in [3.05, 3.63) is 94.5 Å². The number of Topliss-reactive ketones (excluding diaryl/α,β-unsaturated/α-hetero) is 1. The topological polar surface area (TPSA) is 54.3 Å². The molecule has 2 aliphatic rings. The number of fused-ring (bicyclic) bond motifs is 1. The molecule has 2 aromatic carbocycles. The van der Waals surface area contributed by atoms with Gasteiger partial charge in [0.25, 0.3) is 0 Å². The monoisotopic (exact) mass is 390 g/mol. The molecule has 2 heterocycles. The summed E-state index contributed by atoms with van der Waals surface area (Å²) in [6, 6.07) is 19.3.